The van der Waals surface area contributed by atoms with Crippen molar-refractivity contribution in [3.63, 3.8) is 0 Å². The van der Waals surface area contributed by atoms with Crippen LogP contribution in [0.2, 0.25) is 0 Å². The first-order valence-electron chi connectivity index (χ1n) is 7.61. The van der Waals surface area contributed by atoms with Gasteiger partial charge in [-0.25, -0.2) is 13.1 Å². The second-order valence-electron chi connectivity index (χ2n) is 5.84. The standard InChI is InChI=1S/C14H21N3O3S2/c18-14(11-3-6-15-10-11)17-7-4-12(5-8-17)16-22(19,20)13-2-1-9-21-13/h1-2,9,11-12,15-16H,3-8,10H2. The van der Waals surface area contributed by atoms with Gasteiger partial charge >= 0.3 is 0 Å². The first kappa shape index (κ1) is 15.9. The molecule has 8 heteroatoms. The quantitative estimate of drug-likeness (QED) is 0.840. The molecule has 122 valence electrons. The molecule has 1 aromatic heterocycles. The summed E-state index contributed by atoms with van der Waals surface area (Å²) in [4.78, 5) is 14.2. The van der Waals surface area contributed by atoms with E-state index in [1.807, 2.05) is 4.90 Å². The zero-order valence-corrected chi connectivity index (χ0v) is 14.0. The van der Waals surface area contributed by atoms with Crippen LogP contribution in [0.1, 0.15) is 19.3 Å². The van der Waals surface area contributed by atoms with Crippen molar-refractivity contribution in [3.05, 3.63) is 17.5 Å². The van der Waals surface area contributed by atoms with Gasteiger partial charge in [-0.2, -0.15) is 0 Å². The molecular formula is C14H21N3O3S2. The van der Waals surface area contributed by atoms with Gasteiger partial charge in [0.05, 0.1) is 5.92 Å². The van der Waals surface area contributed by atoms with E-state index in [0.29, 0.717) is 30.1 Å². The zero-order chi connectivity index (χ0) is 15.6. The largest absolute Gasteiger partial charge is 0.342 e. The van der Waals surface area contributed by atoms with E-state index in [-0.39, 0.29) is 17.9 Å². The topological polar surface area (TPSA) is 78.5 Å². The molecule has 6 nitrogen and oxygen atoms in total. The van der Waals surface area contributed by atoms with Crippen molar-refractivity contribution >= 4 is 27.3 Å². The Hall–Kier alpha value is -0.960. The van der Waals surface area contributed by atoms with E-state index in [1.54, 1.807) is 17.5 Å². The minimum absolute atomic E-state index is 0.0853. The maximum atomic E-state index is 12.3. The van der Waals surface area contributed by atoms with Crippen molar-refractivity contribution in [2.45, 2.75) is 29.5 Å². The molecule has 3 heterocycles. The zero-order valence-electron chi connectivity index (χ0n) is 12.3. The lowest BCUT2D eigenvalue weighted by Gasteiger charge is -2.33. The van der Waals surface area contributed by atoms with E-state index in [1.165, 1.54) is 11.3 Å². The summed E-state index contributed by atoms with van der Waals surface area (Å²) < 4.78 is 27.5. The molecule has 0 saturated carbocycles. The van der Waals surface area contributed by atoms with Crippen LogP contribution < -0.4 is 10.0 Å². The number of piperidine rings is 1. The summed E-state index contributed by atoms with van der Waals surface area (Å²) in [5, 5.41) is 4.97. The molecule has 0 bridgehead atoms. The average Bonchev–Trinajstić information content (AvgIpc) is 3.20. The van der Waals surface area contributed by atoms with E-state index >= 15 is 0 Å². The van der Waals surface area contributed by atoms with Gasteiger partial charge in [-0.1, -0.05) is 6.07 Å². The van der Waals surface area contributed by atoms with Crippen LogP contribution in [0.5, 0.6) is 0 Å². The number of hydrogen-bond donors (Lipinski definition) is 2. The third-order valence-electron chi connectivity index (χ3n) is 4.30. The molecule has 22 heavy (non-hydrogen) atoms. The van der Waals surface area contributed by atoms with E-state index in [4.69, 9.17) is 0 Å². The number of rotatable bonds is 4. The van der Waals surface area contributed by atoms with Gasteiger partial charge in [0.2, 0.25) is 15.9 Å². The van der Waals surface area contributed by atoms with Gasteiger partial charge in [-0.05, 0) is 37.3 Å². The molecule has 0 aliphatic carbocycles. The van der Waals surface area contributed by atoms with Gasteiger partial charge in [-0.15, -0.1) is 11.3 Å². The molecule has 0 radical (unpaired) electrons. The van der Waals surface area contributed by atoms with Crippen molar-refractivity contribution in [1.82, 2.24) is 14.9 Å². The molecule has 1 aromatic rings. The van der Waals surface area contributed by atoms with Crippen molar-refractivity contribution in [2.24, 2.45) is 5.92 Å². The minimum atomic E-state index is -3.41. The highest BCUT2D eigenvalue weighted by molar-refractivity contribution is 7.91. The average molecular weight is 343 g/mol. The van der Waals surface area contributed by atoms with Crippen LogP contribution in [-0.2, 0) is 14.8 Å². The summed E-state index contributed by atoms with van der Waals surface area (Å²) >= 11 is 1.22. The predicted molar refractivity (Wildman–Crippen MR) is 85.2 cm³/mol. The third-order valence-corrected chi connectivity index (χ3v) is 7.22. The first-order valence-corrected chi connectivity index (χ1v) is 9.98. The first-order chi connectivity index (χ1) is 10.6. The van der Waals surface area contributed by atoms with Gasteiger partial charge in [0.15, 0.2) is 0 Å². The van der Waals surface area contributed by atoms with Gasteiger partial charge in [0.25, 0.3) is 0 Å². The highest BCUT2D eigenvalue weighted by atomic mass is 32.2. The van der Waals surface area contributed by atoms with E-state index in [9.17, 15) is 13.2 Å². The Kier molecular flexibility index (Phi) is 4.82. The highest BCUT2D eigenvalue weighted by Gasteiger charge is 2.31. The Morgan fingerprint density at radius 1 is 1.32 bits per heavy atom. The summed E-state index contributed by atoms with van der Waals surface area (Å²) in [7, 11) is -3.41. The smallest absolute Gasteiger partial charge is 0.250 e. The maximum Gasteiger partial charge on any atom is 0.250 e. The van der Waals surface area contributed by atoms with E-state index in [2.05, 4.69) is 10.0 Å². The fourth-order valence-corrected chi connectivity index (χ4v) is 5.35. The minimum Gasteiger partial charge on any atom is -0.342 e. The van der Waals surface area contributed by atoms with Crippen molar-refractivity contribution in [1.29, 1.82) is 0 Å². The van der Waals surface area contributed by atoms with E-state index in [0.717, 1.165) is 19.5 Å². The molecular weight excluding hydrogens is 322 g/mol. The Morgan fingerprint density at radius 3 is 2.68 bits per heavy atom. The Morgan fingerprint density at radius 2 is 2.09 bits per heavy atom. The number of hydrogen-bond acceptors (Lipinski definition) is 5. The number of amides is 1. The maximum absolute atomic E-state index is 12.3. The molecule has 0 aromatic carbocycles. The summed E-state index contributed by atoms with van der Waals surface area (Å²) in [5.41, 5.74) is 0. The molecule has 2 aliphatic rings. The van der Waals surface area contributed by atoms with E-state index < -0.39 is 10.0 Å². The number of nitrogens with one attached hydrogen (secondary N) is 2. The summed E-state index contributed by atoms with van der Waals surface area (Å²) in [6.45, 7) is 2.94. The Balaban J connectivity index is 1.52. The highest BCUT2D eigenvalue weighted by Crippen LogP contribution is 2.20. The van der Waals surface area contributed by atoms with Crippen LogP contribution in [0.4, 0.5) is 0 Å². The summed E-state index contributed by atoms with van der Waals surface area (Å²) in [6.07, 6.45) is 2.26. The summed E-state index contributed by atoms with van der Waals surface area (Å²) in [6, 6.07) is 3.26. The SMILES string of the molecule is O=C(C1CCNC1)N1CCC(NS(=O)(=O)c2cccs2)CC1. The van der Waals surface area contributed by atoms with Crippen LogP contribution in [0, 0.1) is 5.92 Å². The molecule has 1 unspecified atom stereocenters. The van der Waals surface area contributed by atoms with Gasteiger partial charge < -0.3 is 10.2 Å². The van der Waals surface area contributed by atoms with Gasteiger partial charge in [0.1, 0.15) is 4.21 Å². The lowest BCUT2D eigenvalue weighted by Crippen LogP contribution is -2.48. The molecule has 2 saturated heterocycles. The Bertz CT molecular complexity index is 601. The van der Waals surface area contributed by atoms with Gasteiger partial charge in [-0.3, -0.25) is 4.79 Å². The van der Waals surface area contributed by atoms with Crippen molar-refractivity contribution in [2.75, 3.05) is 26.2 Å². The predicted octanol–water partition coefficient (Wildman–Crippen LogP) is 0.627. The number of carbonyl (C=O) groups excluding carboxylic acids is 1. The van der Waals surface area contributed by atoms with Crippen molar-refractivity contribution < 1.29 is 13.2 Å². The molecule has 2 fully saturated rings. The van der Waals surface area contributed by atoms with Gasteiger partial charge in [0, 0.05) is 25.7 Å². The van der Waals surface area contributed by atoms with Crippen LogP contribution in [-0.4, -0.2) is 51.4 Å². The second-order valence-corrected chi connectivity index (χ2v) is 8.73. The lowest BCUT2D eigenvalue weighted by atomic mass is 10.0. The summed E-state index contributed by atoms with van der Waals surface area (Å²) in [5.74, 6) is 0.309. The van der Waals surface area contributed by atoms with Crippen LogP contribution >= 0.6 is 11.3 Å². The van der Waals surface area contributed by atoms with Crippen molar-refractivity contribution in [3.8, 4) is 0 Å². The molecule has 2 aliphatic heterocycles. The van der Waals surface area contributed by atoms with Crippen LogP contribution in [0.15, 0.2) is 21.7 Å². The number of likely N-dealkylation sites (tertiary alicyclic amines) is 1. The molecule has 3 rings (SSSR count). The number of thiophene rings is 1. The normalized spacial score (nSPS) is 23.8. The monoisotopic (exact) mass is 343 g/mol. The number of nitrogens with zero attached hydrogens (tertiary/aromatic N) is 1. The second kappa shape index (κ2) is 6.66. The molecule has 1 amide bonds. The molecule has 0 spiro atoms. The fourth-order valence-electron chi connectivity index (χ4n) is 3.04. The van der Waals surface area contributed by atoms with Crippen LogP contribution in [0.3, 0.4) is 0 Å². The number of carbonyl (C=O) groups is 1. The number of sulfonamides is 1. The molecule has 1 atom stereocenters. The Labute approximate surface area is 134 Å². The fraction of sp³-hybridized carbons (Fsp3) is 0.643. The lowest BCUT2D eigenvalue weighted by molar-refractivity contribution is -0.135. The van der Waals surface area contributed by atoms with Crippen LogP contribution in [0.25, 0.3) is 0 Å². The third kappa shape index (κ3) is 3.51. The molecule has 2 N–H and O–H groups in total.